The van der Waals surface area contributed by atoms with Gasteiger partial charge in [0.1, 0.15) is 0 Å². The van der Waals surface area contributed by atoms with Gasteiger partial charge in [0.2, 0.25) is 0 Å². The molecule has 10 rings (SSSR count). The summed E-state index contributed by atoms with van der Waals surface area (Å²) >= 11 is 0. The van der Waals surface area contributed by atoms with Crippen LogP contribution in [-0.4, -0.2) is 12.1 Å². The molecule has 0 aliphatic heterocycles. The molecule has 3 N–H and O–H groups in total. The van der Waals surface area contributed by atoms with E-state index in [9.17, 15) is 0 Å². The van der Waals surface area contributed by atoms with Crippen LogP contribution in [0.25, 0.3) is 60.8 Å². The van der Waals surface area contributed by atoms with Crippen molar-refractivity contribution in [2.75, 3.05) is 0 Å². The molecule has 0 spiro atoms. The predicted molar refractivity (Wildman–Crippen MR) is 244 cm³/mol. The number of allylic oxidation sites excluding steroid dienone is 5. The van der Waals surface area contributed by atoms with E-state index in [1.54, 1.807) is 0 Å². The summed E-state index contributed by atoms with van der Waals surface area (Å²) < 4.78 is 0. The monoisotopic (exact) mass is 736 g/mol. The minimum atomic E-state index is -0.0920. The average molecular weight is 737 g/mol. The maximum absolute atomic E-state index is 7.13. The highest BCUT2D eigenvalue weighted by atomic mass is 14.9. The minimum absolute atomic E-state index is 0.0920. The molecule has 5 atom stereocenters. The summed E-state index contributed by atoms with van der Waals surface area (Å²) in [6.45, 7) is 0. The summed E-state index contributed by atoms with van der Waals surface area (Å²) in [6.07, 6.45) is 27.3. The molecule has 0 bridgehead atoms. The van der Waals surface area contributed by atoms with Crippen molar-refractivity contribution in [1.29, 1.82) is 0 Å². The number of hydrogen-bond acceptors (Lipinski definition) is 2. The molecule has 0 heterocycles. The van der Waals surface area contributed by atoms with Crippen LogP contribution >= 0.6 is 0 Å². The van der Waals surface area contributed by atoms with Crippen LogP contribution in [0.4, 0.5) is 0 Å². The van der Waals surface area contributed by atoms with Gasteiger partial charge >= 0.3 is 0 Å². The Kier molecular flexibility index (Phi) is 9.50. The number of rotatable bonds is 9. The van der Waals surface area contributed by atoms with Crippen molar-refractivity contribution < 1.29 is 0 Å². The summed E-state index contributed by atoms with van der Waals surface area (Å²) in [5.41, 5.74) is 12.3. The van der Waals surface area contributed by atoms with Gasteiger partial charge < -0.3 is 11.1 Å². The highest BCUT2D eigenvalue weighted by Gasteiger charge is 2.26. The maximum Gasteiger partial charge on any atom is 0.0551 e. The lowest BCUT2D eigenvalue weighted by atomic mass is 9.82. The molecule has 0 amide bonds. The molecular formula is C55H48N2. The van der Waals surface area contributed by atoms with Crippen molar-refractivity contribution in [1.82, 2.24) is 5.32 Å². The first-order valence-corrected chi connectivity index (χ1v) is 20.7. The fourth-order valence-corrected chi connectivity index (χ4v) is 9.50. The number of nitrogens with one attached hydrogen (secondary N) is 1. The van der Waals surface area contributed by atoms with Crippen LogP contribution in [-0.2, 0) is 0 Å². The molecule has 3 aliphatic carbocycles. The van der Waals surface area contributed by atoms with Crippen LogP contribution in [0, 0.1) is 11.8 Å². The first-order chi connectivity index (χ1) is 28.1. The molecule has 2 nitrogen and oxygen atoms in total. The SMILES string of the molecule is NC(/C=C(\CCC1C=c2ccccc2=CC1)c1ccc2ccccc2c1)C1C=CC(NC2C=CC=CC2c2cc3ccccc3c3ccc4ccccc4c23)=CC1. The zero-order valence-corrected chi connectivity index (χ0v) is 32.3. The zero-order chi connectivity index (χ0) is 38.1. The van der Waals surface area contributed by atoms with Crippen LogP contribution in [0.5, 0.6) is 0 Å². The van der Waals surface area contributed by atoms with Gasteiger partial charge in [0.15, 0.2) is 0 Å². The zero-order valence-electron chi connectivity index (χ0n) is 32.3. The molecule has 5 unspecified atom stereocenters. The average Bonchev–Trinajstić information content (AvgIpc) is 3.27. The molecule has 0 saturated heterocycles. The smallest absolute Gasteiger partial charge is 0.0551 e. The predicted octanol–water partition coefficient (Wildman–Crippen LogP) is 11.4. The van der Waals surface area contributed by atoms with Gasteiger partial charge in [-0.2, -0.15) is 0 Å². The van der Waals surface area contributed by atoms with Gasteiger partial charge in [0.05, 0.1) is 6.04 Å². The number of hydrogen-bond donors (Lipinski definition) is 2. The van der Waals surface area contributed by atoms with Gasteiger partial charge in [-0.1, -0.05) is 176 Å². The van der Waals surface area contributed by atoms with E-state index < -0.39 is 0 Å². The summed E-state index contributed by atoms with van der Waals surface area (Å²) in [6, 6.07) is 48.9. The normalized spacial score (nSPS) is 20.9. The van der Waals surface area contributed by atoms with E-state index in [4.69, 9.17) is 5.73 Å². The van der Waals surface area contributed by atoms with Gasteiger partial charge in [-0.3, -0.25) is 0 Å². The topological polar surface area (TPSA) is 38.0 Å². The lowest BCUT2D eigenvalue weighted by molar-refractivity contribution is 0.560. The molecule has 57 heavy (non-hydrogen) atoms. The Labute approximate surface area is 335 Å². The Hall–Kier alpha value is -6.22. The van der Waals surface area contributed by atoms with Crippen molar-refractivity contribution in [2.24, 2.45) is 17.6 Å². The lowest BCUT2D eigenvalue weighted by Crippen LogP contribution is -2.34. The van der Waals surface area contributed by atoms with Crippen molar-refractivity contribution >= 4 is 60.8 Å². The Bertz CT molecular complexity index is 2940. The standard InChI is InChI=1S/C55H48N2/c56-53(36-45(44-26-25-39-12-2-4-15-43(39)34-44)24-22-37-21-23-38-11-1-3-14-42(38)33-37)41-27-30-47(31-28-41)57-54-20-10-9-19-50(54)52-35-46-16-6-7-17-48(46)51-32-29-40-13-5-8-18-49(40)55(51)52/h1-20,23,25-27,29-37,41,50,53-54,57H,21-22,24,28,56H2/b45-36+. The second-order valence-corrected chi connectivity index (χ2v) is 16.1. The van der Waals surface area contributed by atoms with Gasteiger partial charge in [-0.25, -0.2) is 0 Å². The van der Waals surface area contributed by atoms with Crippen LogP contribution in [0.1, 0.15) is 42.7 Å². The van der Waals surface area contributed by atoms with Gasteiger partial charge in [-0.15, -0.1) is 0 Å². The van der Waals surface area contributed by atoms with Crippen LogP contribution in [0.3, 0.4) is 0 Å². The van der Waals surface area contributed by atoms with Crippen LogP contribution in [0.15, 0.2) is 188 Å². The van der Waals surface area contributed by atoms with Crippen molar-refractivity contribution in [3.05, 3.63) is 209 Å². The molecule has 0 saturated carbocycles. The third-order valence-corrected chi connectivity index (χ3v) is 12.6. The fourth-order valence-electron chi connectivity index (χ4n) is 9.50. The third-order valence-electron chi connectivity index (χ3n) is 12.6. The maximum atomic E-state index is 7.13. The number of fused-ring (bicyclic) bond motifs is 7. The lowest BCUT2D eigenvalue weighted by Gasteiger charge is -2.30. The van der Waals surface area contributed by atoms with E-state index in [0.717, 1.165) is 31.4 Å². The van der Waals surface area contributed by atoms with Crippen LogP contribution in [0.2, 0.25) is 0 Å². The van der Waals surface area contributed by atoms with E-state index in [1.807, 2.05) is 0 Å². The summed E-state index contributed by atoms with van der Waals surface area (Å²) in [5, 5.41) is 17.0. The molecule has 2 heteroatoms. The van der Waals surface area contributed by atoms with Crippen molar-refractivity contribution in [3.63, 3.8) is 0 Å². The van der Waals surface area contributed by atoms with E-state index in [1.165, 1.54) is 70.2 Å². The second-order valence-electron chi connectivity index (χ2n) is 16.1. The largest absolute Gasteiger partial charge is 0.378 e. The molecule has 0 radical (unpaired) electrons. The molecule has 7 aromatic carbocycles. The Morgan fingerprint density at radius 2 is 1.39 bits per heavy atom. The minimum Gasteiger partial charge on any atom is -0.378 e. The Morgan fingerprint density at radius 1 is 0.649 bits per heavy atom. The molecule has 278 valence electrons. The molecule has 3 aliphatic rings. The van der Waals surface area contributed by atoms with Crippen LogP contribution < -0.4 is 21.5 Å². The Balaban J connectivity index is 0.903. The summed E-state index contributed by atoms with van der Waals surface area (Å²) in [5.74, 6) is 0.910. The molecule has 0 fully saturated rings. The van der Waals surface area contributed by atoms with Crippen molar-refractivity contribution in [3.8, 4) is 0 Å². The highest BCUT2D eigenvalue weighted by molar-refractivity contribution is 6.19. The fraction of sp³-hybridized carbons (Fsp3) is 0.164. The quantitative estimate of drug-likeness (QED) is 0.145. The highest BCUT2D eigenvalue weighted by Crippen LogP contribution is 2.40. The van der Waals surface area contributed by atoms with E-state index >= 15 is 0 Å². The van der Waals surface area contributed by atoms with E-state index in [2.05, 4.69) is 200 Å². The molecule has 0 aromatic heterocycles. The van der Waals surface area contributed by atoms with Crippen molar-refractivity contribution in [2.45, 2.75) is 43.7 Å². The molecule has 7 aromatic rings. The summed E-state index contributed by atoms with van der Waals surface area (Å²) in [4.78, 5) is 0. The summed E-state index contributed by atoms with van der Waals surface area (Å²) in [7, 11) is 0. The van der Waals surface area contributed by atoms with Gasteiger partial charge in [0, 0.05) is 17.7 Å². The third kappa shape index (κ3) is 7.07. The molecular weight excluding hydrogens is 689 g/mol. The first kappa shape index (κ1) is 35.2. The van der Waals surface area contributed by atoms with E-state index in [-0.39, 0.29) is 23.9 Å². The Morgan fingerprint density at radius 3 is 2.25 bits per heavy atom. The van der Waals surface area contributed by atoms with Gasteiger partial charge in [0.25, 0.3) is 0 Å². The number of benzene rings is 7. The number of nitrogens with two attached hydrogens (primary N) is 1. The van der Waals surface area contributed by atoms with E-state index in [0.29, 0.717) is 5.92 Å². The second kappa shape index (κ2) is 15.4. The first-order valence-electron chi connectivity index (χ1n) is 20.7. The van der Waals surface area contributed by atoms with Gasteiger partial charge in [-0.05, 0) is 126 Å².